The van der Waals surface area contributed by atoms with Crippen LogP contribution in [0.4, 0.5) is 11.8 Å². The highest BCUT2D eigenvalue weighted by atomic mass is 32.2. The van der Waals surface area contributed by atoms with Gasteiger partial charge in [0.2, 0.25) is 5.95 Å². The summed E-state index contributed by atoms with van der Waals surface area (Å²) in [6.45, 7) is 6.20. The summed E-state index contributed by atoms with van der Waals surface area (Å²) in [5.41, 5.74) is 7.02. The fourth-order valence-electron chi connectivity index (χ4n) is 4.01. The van der Waals surface area contributed by atoms with Gasteiger partial charge in [-0.25, -0.2) is 4.98 Å². The molecule has 6 nitrogen and oxygen atoms in total. The van der Waals surface area contributed by atoms with Gasteiger partial charge in [-0.15, -0.1) is 0 Å². The van der Waals surface area contributed by atoms with Gasteiger partial charge in [-0.3, -0.25) is 4.90 Å². The van der Waals surface area contributed by atoms with Crippen LogP contribution >= 0.6 is 11.8 Å². The third kappa shape index (κ3) is 3.63. The molecule has 3 aliphatic rings. The largest absolute Gasteiger partial charge is 0.381 e. The van der Waals surface area contributed by atoms with Crippen LogP contribution in [0.2, 0.25) is 0 Å². The topological polar surface area (TPSA) is 67.5 Å². The number of aromatic nitrogens is 2. The average molecular weight is 350 g/mol. The van der Waals surface area contributed by atoms with Gasteiger partial charge >= 0.3 is 0 Å². The molecule has 1 aromatic rings. The number of anilines is 2. The summed E-state index contributed by atoms with van der Waals surface area (Å²) in [7, 11) is 0. The lowest BCUT2D eigenvalue weighted by molar-refractivity contribution is 0.185. The summed E-state index contributed by atoms with van der Waals surface area (Å²) in [6.07, 6.45) is 3.47. The van der Waals surface area contributed by atoms with E-state index in [1.165, 1.54) is 37.4 Å². The summed E-state index contributed by atoms with van der Waals surface area (Å²) in [5, 5.41) is 0. The lowest BCUT2D eigenvalue weighted by atomic mass is 10.0. The molecule has 1 atom stereocenters. The van der Waals surface area contributed by atoms with Crippen molar-refractivity contribution >= 4 is 23.5 Å². The van der Waals surface area contributed by atoms with Crippen LogP contribution in [0.1, 0.15) is 30.9 Å². The third-order valence-electron chi connectivity index (χ3n) is 5.45. The van der Waals surface area contributed by atoms with E-state index in [1.54, 1.807) is 0 Å². The molecule has 1 unspecified atom stereocenters. The quantitative estimate of drug-likeness (QED) is 0.888. The van der Waals surface area contributed by atoms with Gasteiger partial charge in [0.15, 0.2) is 0 Å². The van der Waals surface area contributed by atoms with E-state index in [1.807, 2.05) is 0 Å². The van der Waals surface area contributed by atoms with E-state index < -0.39 is 0 Å². The van der Waals surface area contributed by atoms with E-state index in [4.69, 9.17) is 10.5 Å². The molecule has 1 aromatic heterocycles. The SMILES string of the molecule is Nc1nc(C2CCOC2)cc(N2CCC(N3CCSCC3)CC2)n1. The smallest absolute Gasteiger partial charge is 0.222 e. The second kappa shape index (κ2) is 7.45. The van der Waals surface area contributed by atoms with Crippen molar-refractivity contribution in [2.75, 3.05) is 61.5 Å². The first kappa shape index (κ1) is 16.4. The first-order chi connectivity index (χ1) is 11.8. The van der Waals surface area contributed by atoms with Crippen molar-refractivity contribution < 1.29 is 4.74 Å². The average Bonchev–Trinajstić information content (AvgIpc) is 3.17. The summed E-state index contributed by atoms with van der Waals surface area (Å²) in [6, 6.07) is 2.87. The first-order valence-corrected chi connectivity index (χ1v) is 10.2. The van der Waals surface area contributed by atoms with E-state index in [-0.39, 0.29) is 0 Å². The molecule has 7 heteroatoms. The number of nitrogens with zero attached hydrogens (tertiary/aromatic N) is 4. The van der Waals surface area contributed by atoms with Gasteiger partial charge < -0.3 is 15.4 Å². The minimum Gasteiger partial charge on any atom is -0.381 e. The molecular formula is C17H27N5OS. The van der Waals surface area contributed by atoms with Crippen LogP contribution in [0.25, 0.3) is 0 Å². The van der Waals surface area contributed by atoms with Crippen LogP contribution in [0.5, 0.6) is 0 Å². The van der Waals surface area contributed by atoms with E-state index in [0.29, 0.717) is 11.9 Å². The van der Waals surface area contributed by atoms with Crippen molar-refractivity contribution in [1.82, 2.24) is 14.9 Å². The predicted octanol–water partition coefficient (Wildman–Crippen LogP) is 1.58. The molecule has 3 aliphatic heterocycles. The standard InChI is InChI=1S/C17H27N5OS/c18-17-19-15(13-3-8-23-12-13)11-16(20-17)22-4-1-14(2-5-22)21-6-9-24-10-7-21/h11,13-14H,1-10,12H2,(H2,18,19,20). The first-order valence-electron chi connectivity index (χ1n) is 9.08. The summed E-state index contributed by atoms with van der Waals surface area (Å²) in [5.74, 6) is 4.34. The molecule has 0 spiro atoms. The van der Waals surface area contributed by atoms with Gasteiger partial charge in [-0.2, -0.15) is 16.7 Å². The monoisotopic (exact) mass is 349 g/mol. The number of rotatable bonds is 3. The van der Waals surface area contributed by atoms with Crippen molar-refractivity contribution in [3.05, 3.63) is 11.8 Å². The highest BCUT2D eigenvalue weighted by molar-refractivity contribution is 7.99. The summed E-state index contributed by atoms with van der Waals surface area (Å²) in [4.78, 5) is 14.0. The lowest BCUT2D eigenvalue weighted by Gasteiger charge is -2.40. The second-order valence-electron chi connectivity index (χ2n) is 6.94. The Bertz CT molecular complexity index is 552. The Balaban J connectivity index is 1.41. The Morgan fingerprint density at radius 3 is 2.58 bits per heavy atom. The molecule has 0 saturated carbocycles. The minimum atomic E-state index is 0.373. The molecular weight excluding hydrogens is 322 g/mol. The molecule has 4 heterocycles. The van der Waals surface area contributed by atoms with Gasteiger partial charge in [0, 0.05) is 62.3 Å². The number of hydrogen-bond acceptors (Lipinski definition) is 7. The number of nitrogens with two attached hydrogens (primary N) is 1. The number of nitrogen functional groups attached to an aromatic ring is 1. The molecule has 132 valence electrons. The Morgan fingerprint density at radius 1 is 1.08 bits per heavy atom. The minimum absolute atomic E-state index is 0.373. The maximum atomic E-state index is 5.98. The maximum Gasteiger partial charge on any atom is 0.222 e. The predicted molar refractivity (Wildman–Crippen MR) is 98.8 cm³/mol. The second-order valence-corrected chi connectivity index (χ2v) is 8.16. The molecule has 0 amide bonds. The maximum absolute atomic E-state index is 5.98. The Labute approximate surface area is 148 Å². The molecule has 4 rings (SSSR count). The van der Waals surface area contributed by atoms with Gasteiger partial charge in [-0.05, 0) is 19.3 Å². The van der Waals surface area contributed by atoms with Crippen LogP contribution in [0.15, 0.2) is 6.07 Å². The fourth-order valence-corrected chi connectivity index (χ4v) is 4.94. The molecule has 24 heavy (non-hydrogen) atoms. The van der Waals surface area contributed by atoms with Crippen LogP contribution in [0.3, 0.4) is 0 Å². The fraction of sp³-hybridized carbons (Fsp3) is 0.765. The molecule has 0 aliphatic carbocycles. The van der Waals surface area contributed by atoms with Crippen LogP contribution in [-0.4, -0.2) is 71.8 Å². The zero-order chi connectivity index (χ0) is 16.4. The molecule has 0 aromatic carbocycles. The number of piperidine rings is 1. The summed E-state index contributed by atoms with van der Waals surface area (Å²) >= 11 is 2.08. The van der Waals surface area contributed by atoms with E-state index in [9.17, 15) is 0 Å². The van der Waals surface area contributed by atoms with Crippen LogP contribution in [-0.2, 0) is 4.74 Å². The zero-order valence-electron chi connectivity index (χ0n) is 14.2. The normalized spacial score (nSPS) is 26.8. The molecule has 0 bridgehead atoms. The van der Waals surface area contributed by atoms with Gasteiger partial charge in [0.05, 0.1) is 12.3 Å². The zero-order valence-corrected chi connectivity index (χ0v) is 15.0. The third-order valence-corrected chi connectivity index (χ3v) is 6.39. The molecule has 2 N–H and O–H groups in total. The van der Waals surface area contributed by atoms with Gasteiger partial charge in [-0.1, -0.05) is 0 Å². The Hall–Kier alpha value is -1.05. The number of hydrogen-bond donors (Lipinski definition) is 1. The van der Waals surface area contributed by atoms with Gasteiger partial charge in [0.1, 0.15) is 5.82 Å². The Morgan fingerprint density at radius 2 is 1.88 bits per heavy atom. The van der Waals surface area contributed by atoms with E-state index in [2.05, 4.69) is 37.6 Å². The van der Waals surface area contributed by atoms with Crippen molar-refractivity contribution in [2.24, 2.45) is 0 Å². The van der Waals surface area contributed by atoms with Crippen LogP contribution in [0, 0.1) is 0 Å². The van der Waals surface area contributed by atoms with Crippen molar-refractivity contribution in [2.45, 2.75) is 31.2 Å². The number of thioether (sulfide) groups is 1. The highest BCUT2D eigenvalue weighted by Gasteiger charge is 2.27. The molecule has 3 fully saturated rings. The van der Waals surface area contributed by atoms with Crippen LogP contribution < -0.4 is 10.6 Å². The van der Waals surface area contributed by atoms with E-state index in [0.717, 1.165) is 50.3 Å². The molecule has 0 radical (unpaired) electrons. The molecule has 3 saturated heterocycles. The van der Waals surface area contributed by atoms with Gasteiger partial charge in [0.25, 0.3) is 0 Å². The van der Waals surface area contributed by atoms with Crippen molar-refractivity contribution in [3.8, 4) is 0 Å². The van der Waals surface area contributed by atoms with Crippen molar-refractivity contribution in [1.29, 1.82) is 0 Å². The van der Waals surface area contributed by atoms with E-state index >= 15 is 0 Å². The Kier molecular flexibility index (Phi) is 5.10. The lowest BCUT2D eigenvalue weighted by Crippen LogP contribution is -2.48. The highest BCUT2D eigenvalue weighted by Crippen LogP contribution is 2.28. The number of ether oxygens (including phenoxy) is 1. The summed E-state index contributed by atoms with van der Waals surface area (Å²) < 4.78 is 5.50. The van der Waals surface area contributed by atoms with Crippen molar-refractivity contribution in [3.63, 3.8) is 0 Å².